The van der Waals surface area contributed by atoms with Crippen LogP contribution in [0, 0.1) is 11.7 Å². The molecule has 0 radical (unpaired) electrons. The van der Waals surface area contributed by atoms with Crippen molar-refractivity contribution >= 4 is 34.2 Å². The monoisotopic (exact) mass is 517 g/mol. The van der Waals surface area contributed by atoms with E-state index in [2.05, 4.69) is 71.8 Å². The number of fused-ring (bicyclic) bond motifs is 1. The molecule has 5 nitrogen and oxygen atoms in total. The molecular weight excluding hydrogens is 489 g/mol. The Balaban J connectivity index is 1.37. The Kier molecular flexibility index (Phi) is 7.40. The number of halogens is 2. The lowest BCUT2D eigenvalue weighted by molar-refractivity contribution is 0.0696. The first-order valence-corrected chi connectivity index (χ1v) is 12.9. The lowest BCUT2D eigenvalue weighted by atomic mass is 9.80. The van der Waals surface area contributed by atoms with Crippen molar-refractivity contribution in [2.75, 3.05) is 24.5 Å². The molecule has 1 aliphatic rings. The van der Waals surface area contributed by atoms with Gasteiger partial charge in [-0.1, -0.05) is 84.4 Å². The van der Waals surface area contributed by atoms with E-state index >= 15 is 0 Å². The zero-order chi connectivity index (χ0) is 25.9. The Bertz CT molecular complexity index is 1410. The standard InChI is InChI=1S/C30H29ClFN3O2/c1-19(23-13-7-11-20-10-5-6-12-24(20)23)33-17-22-14-15-35(18-26(22)21-8-3-2-4-9-21)29-27(32)16-25(30(36)37)28(31)34-29/h2-13,16,19,22,26,33H,14-15,17-18H2,1H3,(H,36,37)/t19-,22?,26?/m1/s1. The smallest absolute Gasteiger partial charge is 0.338 e. The Hall–Kier alpha value is -3.48. The Morgan fingerprint density at radius 1 is 1.14 bits per heavy atom. The summed E-state index contributed by atoms with van der Waals surface area (Å²) >= 11 is 6.09. The van der Waals surface area contributed by atoms with E-state index in [1.807, 2.05) is 23.1 Å². The van der Waals surface area contributed by atoms with Gasteiger partial charge in [-0.05, 0) is 53.8 Å². The van der Waals surface area contributed by atoms with Crippen molar-refractivity contribution in [2.24, 2.45) is 5.92 Å². The molecule has 1 fully saturated rings. The van der Waals surface area contributed by atoms with Crippen molar-refractivity contribution in [3.8, 4) is 0 Å². The molecule has 3 aromatic carbocycles. The quantitative estimate of drug-likeness (QED) is 0.267. The van der Waals surface area contributed by atoms with E-state index in [9.17, 15) is 14.3 Å². The fourth-order valence-corrected chi connectivity index (χ4v) is 5.63. The van der Waals surface area contributed by atoms with E-state index in [0.717, 1.165) is 19.0 Å². The van der Waals surface area contributed by atoms with Gasteiger partial charge in [-0.2, -0.15) is 0 Å². The highest BCUT2D eigenvalue weighted by molar-refractivity contribution is 6.32. The van der Waals surface area contributed by atoms with E-state index in [-0.39, 0.29) is 28.5 Å². The number of aromatic carboxylic acids is 1. The summed E-state index contributed by atoms with van der Waals surface area (Å²) in [5.41, 5.74) is 2.13. The third-order valence-corrected chi connectivity index (χ3v) is 7.69. The molecule has 0 bridgehead atoms. The minimum atomic E-state index is -1.30. The molecule has 0 saturated carbocycles. The summed E-state index contributed by atoms with van der Waals surface area (Å²) in [6.45, 7) is 4.17. The number of pyridine rings is 1. The number of carboxylic acid groups (broad SMARTS) is 1. The molecule has 5 rings (SSSR count). The van der Waals surface area contributed by atoms with Gasteiger partial charge in [0.25, 0.3) is 0 Å². The van der Waals surface area contributed by atoms with Crippen LogP contribution < -0.4 is 10.2 Å². The number of piperidine rings is 1. The summed E-state index contributed by atoms with van der Waals surface area (Å²) in [5, 5.41) is 15.3. The summed E-state index contributed by atoms with van der Waals surface area (Å²) in [6, 6.07) is 26.2. The highest BCUT2D eigenvalue weighted by atomic mass is 35.5. The molecule has 0 spiro atoms. The number of aromatic nitrogens is 1. The number of nitrogens with zero attached hydrogens (tertiary/aromatic N) is 2. The highest BCUT2D eigenvalue weighted by Gasteiger charge is 2.33. The van der Waals surface area contributed by atoms with Gasteiger partial charge >= 0.3 is 5.97 Å². The number of hydrogen-bond donors (Lipinski definition) is 2. The molecule has 0 aliphatic carbocycles. The number of rotatable bonds is 7. The fourth-order valence-electron chi connectivity index (χ4n) is 5.41. The van der Waals surface area contributed by atoms with Crippen molar-refractivity contribution in [2.45, 2.75) is 25.3 Å². The van der Waals surface area contributed by atoms with E-state index in [1.165, 1.54) is 21.9 Å². The second-order valence-electron chi connectivity index (χ2n) is 9.65. The van der Waals surface area contributed by atoms with Gasteiger partial charge in [0.1, 0.15) is 5.15 Å². The van der Waals surface area contributed by atoms with E-state index < -0.39 is 11.8 Å². The van der Waals surface area contributed by atoms with Crippen molar-refractivity contribution in [3.63, 3.8) is 0 Å². The number of carbonyl (C=O) groups is 1. The number of anilines is 1. The SMILES string of the molecule is C[C@@H](NCC1CCN(c2nc(Cl)c(C(=O)O)cc2F)CC1c1ccccc1)c1cccc2ccccc12. The van der Waals surface area contributed by atoms with Gasteiger partial charge in [-0.25, -0.2) is 14.2 Å². The summed E-state index contributed by atoms with van der Waals surface area (Å²) in [6.07, 6.45) is 0.828. The summed E-state index contributed by atoms with van der Waals surface area (Å²) in [5.74, 6) is -1.40. The first-order chi connectivity index (χ1) is 17.9. The average molecular weight is 518 g/mol. The molecule has 0 amide bonds. The maximum Gasteiger partial charge on any atom is 0.338 e. The molecule has 190 valence electrons. The van der Waals surface area contributed by atoms with Crippen LogP contribution in [0.15, 0.2) is 78.9 Å². The van der Waals surface area contributed by atoms with Crippen LogP contribution in [0.1, 0.15) is 46.8 Å². The van der Waals surface area contributed by atoms with Crippen molar-refractivity contribution in [1.29, 1.82) is 0 Å². The van der Waals surface area contributed by atoms with Crippen LogP contribution in [-0.2, 0) is 0 Å². The van der Waals surface area contributed by atoms with E-state index in [0.29, 0.717) is 19.0 Å². The van der Waals surface area contributed by atoms with Crippen LogP contribution in [0.4, 0.5) is 10.2 Å². The van der Waals surface area contributed by atoms with Crippen LogP contribution in [0.3, 0.4) is 0 Å². The Morgan fingerprint density at radius 3 is 2.65 bits per heavy atom. The van der Waals surface area contributed by atoms with Gasteiger partial charge in [0, 0.05) is 25.0 Å². The van der Waals surface area contributed by atoms with E-state index in [1.54, 1.807) is 0 Å². The van der Waals surface area contributed by atoms with Crippen LogP contribution in [-0.4, -0.2) is 35.7 Å². The van der Waals surface area contributed by atoms with E-state index in [4.69, 9.17) is 11.6 Å². The Labute approximate surface area is 220 Å². The predicted molar refractivity (Wildman–Crippen MR) is 146 cm³/mol. The minimum absolute atomic E-state index is 0.103. The van der Waals surface area contributed by atoms with Crippen LogP contribution in [0.25, 0.3) is 10.8 Å². The third-order valence-electron chi connectivity index (χ3n) is 7.40. The predicted octanol–water partition coefficient (Wildman–Crippen LogP) is 6.69. The van der Waals surface area contributed by atoms with Gasteiger partial charge in [0.15, 0.2) is 11.6 Å². The molecule has 37 heavy (non-hydrogen) atoms. The largest absolute Gasteiger partial charge is 0.478 e. The number of nitrogens with one attached hydrogen (secondary N) is 1. The summed E-state index contributed by atoms with van der Waals surface area (Å²) in [4.78, 5) is 17.3. The molecule has 2 heterocycles. The maximum atomic E-state index is 14.9. The molecule has 2 N–H and O–H groups in total. The number of benzene rings is 3. The number of carboxylic acids is 1. The van der Waals surface area contributed by atoms with Gasteiger partial charge in [0.2, 0.25) is 0 Å². The van der Waals surface area contributed by atoms with Crippen LogP contribution >= 0.6 is 11.6 Å². The van der Waals surface area contributed by atoms with Gasteiger partial charge < -0.3 is 15.3 Å². The van der Waals surface area contributed by atoms with Crippen LogP contribution in [0.5, 0.6) is 0 Å². The average Bonchev–Trinajstić information content (AvgIpc) is 2.92. The fraction of sp³-hybridized carbons (Fsp3) is 0.267. The van der Waals surface area contributed by atoms with Crippen molar-refractivity contribution < 1.29 is 14.3 Å². The highest BCUT2D eigenvalue weighted by Crippen LogP contribution is 2.36. The zero-order valence-electron chi connectivity index (χ0n) is 20.6. The zero-order valence-corrected chi connectivity index (χ0v) is 21.3. The van der Waals surface area contributed by atoms with Gasteiger partial charge in [-0.15, -0.1) is 0 Å². The molecular formula is C30H29ClFN3O2. The second-order valence-corrected chi connectivity index (χ2v) is 10.0. The third kappa shape index (κ3) is 5.31. The first-order valence-electron chi connectivity index (χ1n) is 12.5. The van der Waals surface area contributed by atoms with Crippen molar-refractivity contribution in [3.05, 3.63) is 107 Å². The topological polar surface area (TPSA) is 65.5 Å². The Morgan fingerprint density at radius 2 is 1.86 bits per heavy atom. The first kappa shape index (κ1) is 25.2. The van der Waals surface area contributed by atoms with Gasteiger partial charge in [-0.3, -0.25) is 0 Å². The molecule has 4 aromatic rings. The normalized spacial score (nSPS) is 18.6. The summed E-state index contributed by atoms with van der Waals surface area (Å²) in [7, 11) is 0. The number of hydrogen-bond acceptors (Lipinski definition) is 4. The lowest BCUT2D eigenvalue weighted by Crippen LogP contribution is -2.43. The maximum absolute atomic E-state index is 14.9. The van der Waals surface area contributed by atoms with Crippen molar-refractivity contribution in [1.82, 2.24) is 10.3 Å². The van der Waals surface area contributed by atoms with Gasteiger partial charge in [0.05, 0.1) is 5.56 Å². The molecule has 3 atom stereocenters. The molecule has 1 aliphatic heterocycles. The molecule has 2 unspecified atom stereocenters. The molecule has 1 saturated heterocycles. The molecule has 7 heteroatoms. The minimum Gasteiger partial charge on any atom is -0.478 e. The molecule has 1 aromatic heterocycles. The summed E-state index contributed by atoms with van der Waals surface area (Å²) < 4.78 is 14.9. The lowest BCUT2D eigenvalue weighted by Gasteiger charge is -2.40. The second kappa shape index (κ2) is 10.9. The van der Waals surface area contributed by atoms with Crippen LogP contribution in [0.2, 0.25) is 5.15 Å².